The SMILES string of the molecule is Cc1sc([N+](=O)[O-])c(S)c1Br. The third-order valence-corrected chi connectivity index (χ3v) is 4.34. The molecule has 0 atom stereocenters. The zero-order valence-electron chi connectivity index (χ0n) is 5.50. The highest BCUT2D eigenvalue weighted by Gasteiger charge is 2.19. The van der Waals surface area contributed by atoms with Crippen molar-refractivity contribution in [2.45, 2.75) is 11.8 Å². The summed E-state index contributed by atoms with van der Waals surface area (Å²) in [6.45, 7) is 1.81. The summed E-state index contributed by atoms with van der Waals surface area (Å²) in [5, 5.41) is 10.4. The van der Waals surface area contributed by atoms with Crippen molar-refractivity contribution in [3.63, 3.8) is 0 Å². The number of nitro groups is 1. The van der Waals surface area contributed by atoms with Gasteiger partial charge in [-0.1, -0.05) is 11.3 Å². The van der Waals surface area contributed by atoms with Gasteiger partial charge in [-0.05, 0) is 22.9 Å². The molecule has 1 aromatic rings. The van der Waals surface area contributed by atoms with Crippen LogP contribution in [0, 0.1) is 17.0 Å². The van der Waals surface area contributed by atoms with E-state index in [-0.39, 0.29) is 5.00 Å². The van der Waals surface area contributed by atoms with Crippen molar-refractivity contribution in [3.05, 3.63) is 19.5 Å². The quantitative estimate of drug-likeness (QED) is 0.475. The zero-order chi connectivity index (χ0) is 8.59. The molecule has 60 valence electrons. The second-order valence-electron chi connectivity index (χ2n) is 1.88. The fraction of sp³-hybridized carbons (Fsp3) is 0.200. The van der Waals surface area contributed by atoms with Crippen LogP contribution < -0.4 is 0 Å². The van der Waals surface area contributed by atoms with Crippen LogP contribution in [-0.2, 0) is 0 Å². The molecule has 1 rings (SSSR count). The molecule has 0 aliphatic heterocycles. The molecule has 1 aromatic heterocycles. The molecule has 0 aliphatic carbocycles. The molecule has 1 heterocycles. The number of rotatable bonds is 1. The van der Waals surface area contributed by atoms with Gasteiger partial charge in [0.1, 0.15) is 4.90 Å². The molecule has 0 saturated carbocycles. The summed E-state index contributed by atoms with van der Waals surface area (Å²) in [4.78, 5) is 11.2. The highest BCUT2D eigenvalue weighted by atomic mass is 79.9. The maximum Gasteiger partial charge on any atom is 0.338 e. The maximum atomic E-state index is 10.3. The fourth-order valence-electron chi connectivity index (χ4n) is 0.623. The first-order valence-corrected chi connectivity index (χ1v) is 4.72. The van der Waals surface area contributed by atoms with Crippen LogP contribution in [-0.4, -0.2) is 4.92 Å². The van der Waals surface area contributed by atoms with E-state index in [2.05, 4.69) is 28.6 Å². The largest absolute Gasteiger partial charge is 0.338 e. The smallest absolute Gasteiger partial charge is 0.258 e. The number of nitrogens with zero attached hydrogens (tertiary/aromatic N) is 1. The second-order valence-corrected chi connectivity index (χ2v) is 4.33. The van der Waals surface area contributed by atoms with Crippen molar-refractivity contribution in [1.29, 1.82) is 0 Å². The molecule has 0 bridgehead atoms. The van der Waals surface area contributed by atoms with Crippen LogP contribution in [0.2, 0.25) is 0 Å². The monoisotopic (exact) mass is 253 g/mol. The van der Waals surface area contributed by atoms with Gasteiger partial charge < -0.3 is 0 Å². The van der Waals surface area contributed by atoms with E-state index < -0.39 is 4.92 Å². The molecule has 6 heteroatoms. The Morgan fingerprint density at radius 1 is 1.73 bits per heavy atom. The van der Waals surface area contributed by atoms with Crippen LogP contribution >= 0.6 is 39.9 Å². The van der Waals surface area contributed by atoms with Gasteiger partial charge in [-0.2, -0.15) is 0 Å². The van der Waals surface area contributed by atoms with E-state index in [4.69, 9.17) is 0 Å². The van der Waals surface area contributed by atoms with Crippen LogP contribution in [0.1, 0.15) is 4.88 Å². The zero-order valence-corrected chi connectivity index (χ0v) is 8.79. The summed E-state index contributed by atoms with van der Waals surface area (Å²) in [7, 11) is 0. The third-order valence-electron chi connectivity index (χ3n) is 1.14. The average Bonchev–Trinajstić information content (AvgIpc) is 2.17. The van der Waals surface area contributed by atoms with E-state index in [0.717, 1.165) is 20.7 Å². The first-order chi connectivity index (χ1) is 5.04. The normalized spacial score (nSPS) is 10.1. The lowest BCUT2D eigenvalue weighted by molar-refractivity contribution is -0.382. The molecule has 0 aromatic carbocycles. The minimum Gasteiger partial charge on any atom is -0.258 e. The van der Waals surface area contributed by atoms with E-state index in [1.54, 1.807) is 0 Å². The minimum atomic E-state index is -0.426. The van der Waals surface area contributed by atoms with E-state index >= 15 is 0 Å². The summed E-state index contributed by atoms with van der Waals surface area (Å²) >= 11 is 8.32. The van der Waals surface area contributed by atoms with Crippen molar-refractivity contribution in [3.8, 4) is 0 Å². The lowest BCUT2D eigenvalue weighted by Gasteiger charge is -1.85. The van der Waals surface area contributed by atoms with Crippen LogP contribution in [0.3, 0.4) is 0 Å². The Morgan fingerprint density at radius 2 is 2.27 bits per heavy atom. The van der Waals surface area contributed by atoms with E-state index in [0.29, 0.717) is 4.90 Å². The molecule has 11 heavy (non-hydrogen) atoms. The van der Waals surface area contributed by atoms with Crippen molar-refractivity contribution in [2.75, 3.05) is 0 Å². The van der Waals surface area contributed by atoms with Crippen LogP contribution in [0.15, 0.2) is 9.37 Å². The molecule has 0 fully saturated rings. The third kappa shape index (κ3) is 1.57. The molecule has 3 nitrogen and oxygen atoms in total. The first-order valence-electron chi connectivity index (χ1n) is 2.66. The molecule has 0 radical (unpaired) electrons. The second kappa shape index (κ2) is 3.12. The number of thiol groups is 1. The number of thiophene rings is 1. The minimum absolute atomic E-state index is 0.0951. The van der Waals surface area contributed by atoms with E-state index in [9.17, 15) is 10.1 Å². The summed E-state index contributed by atoms with van der Waals surface area (Å²) in [6.07, 6.45) is 0. The predicted octanol–water partition coefficient (Wildman–Crippen LogP) is 3.02. The number of aryl methyl sites for hydroxylation is 1. The predicted molar refractivity (Wildman–Crippen MR) is 50.7 cm³/mol. The Morgan fingerprint density at radius 3 is 2.45 bits per heavy atom. The molecule has 0 spiro atoms. The number of hydrogen-bond acceptors (Lipinski definition) is 4. The van der Waals surface area contributed by atoms with Gasteiger partial charge in [0.05, 0.1) is 9.40 Å². The average molecular weight is 254 g/mol. The van der Waals surface area contributed by atoms with Crippen molar-refractivity contribution in [2.24, 2.45) is 0 Å². The molecular weight excluding hydrogens is 250 g/mol. The Bertz CT molecular complexity index is 310. The summed E-state index contributed by atoms with van der Waals surface area (Å²) in [6, 6.07) is 0. The Labute approximate surface area is 81.1 Å². The summed E-state index contributed by atoms with van der Waals surface area (Å²) in [5.41, 5.74) is 0. The van der Waals surface area contributed by atoms with E-state index in [1.807, 2.05) is 6.92 Å². The van der Waals surface area contributed by atoms with Crippen LogP contribution in [0.5, 0.6) is 0 Å². The Balaban J connectivity index is 3.29. The highest BCUT2D eigenvalue weighted by molar-refractivity contribution is 9.10. The van der Waals surface area contributed by atoms with Crippen LogP contribution in [0.4, 0.5) is 5.00 Å². The van der Waals surface area contributed by atoms with Crippen molar-refractivity contribution in [1.82, 2.24) is 0 Å². The molecular formula is C5H4BrNO2S2. The van der Waals surface area contributed by atoms with Gasteiger partial charge in [-0.15, -0.1) is 12.6 Å². The van der Waals surface area contributed by atoms with Gasteiger partial charge in [-0.3, -0.25) is 10.1 Å². The molecule has 0 N–H and O–H groups in total. The van der Waals surface area contributed by atoms with Crippen LogP contribution in [0.25, 0.3) is 0 Å². The highest BCUT2D eigenvalue weighted by Crippen LogP contribution is 2.40. The molecule has 0 amide bonds. The lowest BCUT2D eigenvalue weighted by Crippen LogP contribution is -1.83. The Hall–Kier alpha value is -0.0700. The number of hydrogen-bond donors (Lipinski definition) is 1. The van der Waals surface area contributed by atoms with Crippen molar-refractivity contribution < 1.29 is 4.92 Å². The van der Waals surface area contributed by atoms with Gasteiger partial charge in [0.15, 0.2) is 0 Å². The lowest BCUT2D eigenvalue weighted by atomic mass is 10.5. The van der Waals surface area contributed by atoms with Gasteiger partial charge in [-0.25, -0.2) is 0 Å². The molecule has 0 unspecified atom stereocenters. The van der Waals surface area contributed by atoms with Gasteiger partial charge in [0.25, 0.3) is 0 Å². The van der Waals surface area contributed by atoms with Crippen molar-refractivity contribution >= 4 is 44.9 Å². The summed E-state index contributed by atoms with van der Waals surface area (Å²) < 4.78 is 0.720. The topological polar surface area (TPSA) is 43.1 Å². The van der Waals surface area contributed by atoms with Gasteiger partial charge >= 0.3 is 5.00 Å². The van der Waals surface area contributed by atoms with Gasteiger partial charge in [0.2, 0.25) is 0 Å². The first kappa shape index (κ1) is 9.02. The molecule has 0 aliphatic rings. The maximum absolute atomic E-state index is 10.3. The fourth-order valence-corrected chi connectivity index (χ4v) is 2.40. The molecule has 0 saturated heterocycles. The summed E-state index contributed by atoms with van der Waals surface area (Å²) in [5.74, 6) is 0. The standard InChI is InChI=1S/C5H4BrNO2S2/c1-2-3(6)4(10)5(11-2)7(8)9/h10H,1H3. The van der Waals surface area contributed by atoms with E-state index in [1.165, 1.54) is 0 Å². The van der Waals surface area contributed by atoms with Gasteiger partial charge in [0, 0.05) is 4.88 Å². The number of halogens is 1. The Kier molecular flexibility index (Phi) is 2.56.